The summed E-state index contributed by atoms with van der Waals surface area (Å²) in [6, 6.07) is 0. The fourth-order valence-corrected chi connectivity index (χ4v) is 2.90. The SMILES string of the molecule is CC(=O)OC[C@@H](OC(C)=O)[C@H]1O[C@@H]2OC(C)(C)[C@H](O)[C@@H]2[C@H]1O. The van der Waals surface area contributed by atoms with Gasteiger partial charge < -0.3 is 29.2 Å². The summed E-state index contributed by atoms with van der Waals surface area (Å²) in [4.78, 5) is 22.1. The third-order valence-electron chi connectivity index (χ3n) is 3.97. The van der Waals surface area contributed by atoms with Crippen LogP contribution < -0.4 is 0 Å². The predicted molar refractivity (Wildman–Crippen MR) is 71.5 cm³/mol. The fourth-order valence-electron chi connectivity index (χ4n) is 2.90. The van der Waals surface area contributed by atoms with Crippen molar-refractivity contribution in [2.24, 2.45) is 5.92 Å². The third-order valence-corrected chi connectivity index (χ3v) is 3.97. The van der Waals surface area contributed by atoms with E-state index in [0.717, 1.165) is 0 Å². The van der Waals surface area contributed by atoms with E-state index in [4.69, 9.17) is 18.9 Å². The zero-order valence-corrected chi connectivity index (χ0v) is 13.0. The molecular weight excluding hydrogens is 296 g/mol. The van der Waals surface area contributed by atoms with E-state index in [-0.39, 0.29) is 6.61 Å². The zero-order chi connectivity index (χ0) is 16.7. The highest BCUT2D eigenvalue weighted by Crippen LogP contribution is 2.44. The van der Waals surface area contributed by atoms with Crippen LogP contribution in [0.15, 0.2) is 0 Å². The molecule has 2 saturated heterocycles. The molecule has 2 fully saturated rings. The lowest BCUT2D eigenvalue weighted by atomic mass is 9.87. The average molecular weight is 318 g/mol. The Morgan fingerprint density at radius 3 is 2.36 bits per heavy atom. The van der Waals surface area contributed by atoms with Crippen LogP contribution in [0.3, 0.4) is 0 Å². The van der Waals surface area contributed by atoms with Crippen molar-refractivity contribution in [1.82, 2.24) is 0 Å². The Bertz CT molecular complexity index is 448. The van der Waals surface area contributed by atoms with Gasteiger partial charge in [-0.2, -0.15) is 0 Å². The summed E-state index contributed by atoms with van der Waals surface area (Å²) in [5.74, 6) is -1.79. The predicted octanol–water partition coefficient (Wildman–Crippen LogP) is -0.647. The molecule has 8 nitrogen and oxygen atoms in total. The van der Waals surface area contributed by atoms with Crippen molar-refractivity contribution in [3.8, 4) is 0 Å². The molecule has 2 rings (SSSR count). The fraction of sp³-hybridized carbons (Fsp3) is 0.857. The number of carbonyl (C=O) groups excluding carboxylic acids is 2. The number of carbonyl (C=O) groups is 2. The maximum absolute atomic E-state index is 11.2. The Morgan fingerprint density at radius 2 is 1.86 bits per heavy atom. The summed E-state index contributed by atoms with van der Waals surface area (Å²) in [6.45, 7) is 5.58. The van der Waals surface area contributed by atoms with E-state index in [2.05, 4.69) is 0 Å². The van der Waals surface area contributed by atoms with Crippen LogP contribution in [0.5, 0.6) is 0 Å². The van der Waals surface area contributed by atoms with Gasteiger partial charge >= 0.3 is 11.9 Å². The second-order valence-electron chi connectivity index (χ2n) is 6.15. The van der Waals surface area contributed by atoms with Crippen molar-refractivity contribution in [3.05, 3.63) is 0 Å². The molecule has 2 aliphatic rings. The van der Waals surface area contributed by atoms with Crippen LogP contribution in [0, 0.1) is 5.92 Å². The van der Waals surface area contributed by atoms with Crippen molar-refractivity contribution in [3.63, 3.8) is 0 Å². The van der Waals surface area contributed by atoms with Gasteiger partial charge in [0.25, 0.3) is 0 Å². The van der Waals surface area contributed by atoms with Gasteiger partial charge in [-0.3, -0.25) is 9.59 Å². The maximum Gasteiger partial charge on any atom is 0.303 e. The molecule has 6 atom stereocenters. The molecule has 0 saturated carbocycles. The molecule has 0 aromatic rings. The van der Waals surface area contributed by atoms with Gasteiger partial charge in [0, 0.05) is 13.8 Å². The molecule has 126 valence electrons. The van der Waals surface area contributed by atoms with E-state index < -0.39 is 54.2 Å². The molecule has 22 heavy (non-hydrogen) atoms. The number of rotatable bonds is 4. The first-order valence-electron chi connectivity index (χ1n) is 7.13. The number of aliphatic hydroxyl groups is 2. The number of ether oxygens (including phenoxy) is 4. The lowest BCUT2D eigenvalue weighted by Gasteiger charge is -2.30. The van der Waals surface area contributed by atoms with E-state index in [1.54, 1.807) is 13.8 Å². The molecule has 0 aromatic carbocycles. The van der Waals surface area contributed by atoms with Crippen molar-refractivity contribution in [2.45, 2.75) is 64.0 Å². The standard InChI is InChI=1S/C14H22O8/c1-6(15)19-5-8(20-7(2)16)11-10(17)9-12(18)14(3,4)22-13(9)21-11/h8-13,17-18H,5H2,1-4H3/t8-,9+,10-,11-,12-,13-/m1/s1. The Balaban J connectivity index is 2.10. The van der Waals surface area contributed by atoms with Crippen molar-refractivity contribution < 1.29 is 38.7 Å². The maximum atomic E-state index is 11.2. The van der Waals surface area contributed by atoms with Crippen LogP contribution in [0.4, 0.5) is 0 Å². The first-order valence-corrected chi connectivity index (χ1v) is 7.13. The Kier molecular flexibility index (Phi) is 4.76. The molecule has 2 heterocycles. The average Bonchev–Trinajstić information content (AvgIpc) is 2.80. The molecule has 0 unspecified atom stereocenters. The molecule has 8 heteroatoms. The second kappa shape index (κ2) is 6.11. The van der Waals surface area contributed by atoms with Crippen molar-refractivity contribution in [1.29, 1.82) is 0 Å². The molecule has 2 aliphatic heterocycles. The topological polar surface area (TPSA) is 112 Å². The number of aliphatic hydroxyl groups excluding tert-OH is 2. The Labute approximate surface area is 128 Å². The smallest absolute Gasteiger partial charge is 0.303 e. The van der Waals surface area contributed by atoms with Crippen LogP contribution in [0.2, 0.25) is 0 Å². The number of esters is 2. The molecule has 0 spiro atoms. The van der Waals surface area contributed by atoms with Gasteiger partial charge in [-0.1, -0.05) is 0 Å². The van der Waals surface area contributed by atoms with Crippen LogP contribution in [-0.4, -0.2) is 65.1 Å². The number of hydrogen-bond acceptors (Lipinski definition) is 8. The highest BCUT2D eigenvalue weighted by molar-refractivity contribution is 5.67. The van der Waals surface area contributed by atoms with Crippen LogP contribution in [0.1, 0.15) is 27.7 Å². The molecule has 0 radical (unpaired) electrons. The zero-order valence-electron chi connectivity index (χ0n) is 13.0. The van der Waals surface area contributed by atoms with Crippen LogP contribution in [0.25, 0.3) is 0 Å². The Morgan fingerprint density at radius 1 is 1.23 bits per heavy atom. The quantitative estimate of drug-likeness (QED) is 0.658. The van der Waals surface area contributed by atoms with Gasteiger partial charge in [-0.05, 0) is 13.8 Å². The van der Waals surface area contributed by atoms with Gasteiger partial charge in [0.05, 0.1) is 23.7 Å². The van der Waals surface area contributed by atoms with E-state index in [0.29, 0.717) is 0 Å². The first-order chi connectivity index (χ1) is 10.1. The molecule has 0 bridgehead atoms. The number of hydrogen-bond donors (Lipinski definition) is 2. The summed E-state index contributed by atoms with van der Waals surface area (Å²) in [5, 5.41) is 20.7. The van der Waals surface area contributed by atoms with Gasteiger partial charge in [0.2, 0.25) is 0 Å². The van der Waals surface area contributed by atoms with Gasteiger partial charge in [-0.15, -0.1) is 0 Å². The van der Waals surface area contributed by atoms with Gasteiger partial charge in [-0.25, -0.2) is 0 Å². The summed E-state index contributed by atoms with van der Waals surface area (Å²) >= 11 is 0. The summed E-state index contributed by atoms with van der Waals surface area (Å²) in [5.41, 5.74) is -0.839. The highest BCUT2D eigenvalue weighted by atomic mass is 16.7. The van der Waals surface area contributed by atoms with Crippen molar-refractivity contribution >= 4 is 11.9 Å². The molecule has 0 aromatic heterocycles. The van der Waals surface area contributed by atoms with Crippen molar-refractivity contribution in [2.75, 3.05) is 6.61 Å². The minimum absolute atomic E-state index is 0.241. The van der Waals surface area contributed by atoms with E-state index in [1.807, 2.05) is 0 Å². The highest BCUT2D eigenvalue weighted by Gasteiger charge is 2.60. The summed E-state index contributed by atoms with van der Waals surface area (Å²) < 4.78 is 21.1. The minimum atomic E-state index is -1.11. The van der Waals surface area contributed by atoms with E-state index in [1.165, 1.54) is 13.8 Å². The number of fused-ring (bicyclic) bond motifs is 1. The van der Waals surface area contributed by atoms with Crippen LogP contribution in [-0.2, 0) is 28.5 Å². The first kappa shape index (κ1) is 17.1. The van der Waals surface area contributed by atoms with Crippen LogP contribution >= 0.6 is 0 Å². The van der Waals surface area contributed by atoms with Gasteiger partial charge in [0.1, 0.15) is 12.7 Å². The molecule has 0 amide bonds. The lowest BCUT2D eigenvalue weighted by molar-refractivity contribution is -0.204. The molecule has 0 aliphatic carbocycles. The molecule has 2 N–H and O–H groups in total. The Hall–Kier alpha value is -1.22. The molecular formula is C14H22O8. The summed E-state index contributed by atoms with van der Waals surface area (Å²) in [7, 11) is 0. The van der Waals surface area contributed by atoms with E-state index >= 15 is 0 Å². The minimum Gasteiger partial charge on any atom is -0.462 e. The second-order valence-corrected chi connectivity index (χ2v) is 6.15. The van der Waals surface area contributed by atoms with Gasteiger partial charge in [0.15, 0.2) is 12.4 Å². The largest absolute Gasteiger partial charge is 0.462 e. The lowest BCUT2D eigenvalue weighted by Crippen LogP contribution is -2.47. The summed E-state index contributed by atoms with van der Waals surface area (Å²) in [6.07, 6.45) is -4.75. The monoisotopic (exact) mass is 318 g/mol. The van der Waals surface area contributed by atoms with E-state index in [9.17, 15) is 19.8 Å². The third kappa shape index (κ3) is 3.24. The normalized spacial score (nSPS) is 37.5.